The van der Waals surface area contributed by atoms with Crippen molar-refractivity contribution in [3.8, 4) is 0 Å². The fraction of sp³-hybridized carbons (Fsp3) is 0.500. The maximum atomic E-state index is 12.3. The van der Waals surface area contributed by atoms with Crippen molar-refractivity contribution < 1.29 is 4.79 Å². The number of nitrogens with one attached hydrogen (secondary N) is 1. The summed E-state index contributed by atoms with van der Waals surface area (Å²) in [6.45, 7) is 0.834. The number of benzene rings is 1. The summed E-state index contributed by atoms with van der Waals surface area (Å²) in [5.74, 6) is 0.236. The van der Waals surface area contributed by atoms with Crippen molar-refractivity contribution in [1.82, 2.24) is 5.32 Å². The van der Waals surface area contributed by atoms with Crippen LogP contribution in [-0.4, -0.2) is 30.8 Å². The van der Waals surface area contributed by atoms with Crippen LogP contribution in [0.4, 0.5) is 5.69 Å². The Hall–Kier alpha value is -1.00. The molecule has 0 bridgehead atoms. The van der Waals surface area contributed by atoms with E-state index in [-0.39, 0.29) is 11.9 Å². The highest BCUT2D eigenvalue weighted by Gasteiger charge is 2.36. The van der Waals surface area contributed by atoms with Crippen molar-refractivity contribution in [2.75, 3.05) is 17.7 Å². The average Bonchev–Trinajstić information content (AvgIpc) is 3.14. The largest absolute Gasteiger partial charge is 0.311 e. The highest BCUT2D eigenvalue weighted by atomic mass is 32.2. The molecule has 1 atom stereocenters. The lowest BCUT2D eigenvalue weighted by molar-refractivity contribution is -0.118. The van der Waals surface area contributed by atoms with Gasteiger partial charge in [0, 0.05) is 23.2 Å². The van der Waals surface area contributed by atoms with Crippen molar-refractivity contribution in [3.05, 3.63) is 24.3 Å². The van der Waals surface area contributed by atoms with Crippen LogP contribution in [0.25, 0.3) is 0 Å². The number of anilines is 1. The zero-order valence-electron chi connectivity index (χ0n) is 10.6. The second kappa shape index (κ2) is 4.94. The Labute approximate surface area is 112 Å². The van der Waals surface area contributed by atoms with Gasteiger partial charge in [0.05, 0.1) is 6.04 Å². The van der Waals surface area contributed by atoms with Gasteiger partial charge in [-0.1, -0.05) is 6.07 Å². The normalized spacial score (nSPS) is 23.7. The van der Waals surface area contributed by atoms with E-state index in [4.69, 9.17) is 0 Å². The number of hydrogen-bond donors (Lipinski definition) is 1. The molecule has 1 amide bonds. The summed E-state index contributed by atoms with van der Waals surface area (Å²) < 4.78 is 0. The predicted molar refractivity (Wildman–Crippen MR) is 75.1 cm³/mol. The molecule has 1 aromatic carbocycles. The Bertz CT molecular complexity index is 459. The number of nitrogens with zero attached hydrogens (tertiary/aromatic N) is 1. The summed E-state index contributed by atoms with van der Waals surface area (Å²) in [6.07, 6.45) is 5.44. The van der Waals surface area contributed by atoms with Crippen molar-refractivity contribution in [2.24, 2.45) is 0 Å². The standard InChI is InChI=1S/C14H18N2OS/c1-18-12-4-2-3-11(9-12)16-8-7-13(14(16)17)15-10-5-6-10/h2-4,9-10,13,15H,5-8H2,1H3. The van der Waals surface area contributed by atoms with E-state index in [9.17, 15) is 4.79 Å². The molecule has 0 aromatic heterocycles. The molecule has 1 aliphatic carbocycles. The van der Waals surface area contributed by atoms with E-state index in [1.807, 2.05) is 17.0 Å². The quantitative estimate of drug-likeness (QED) is 0.845. The summed E-state index contributed by atoms with van der Waals surface area (Å²) in [4.78, 5) is 15.4. The lowest BCUT2D eigenvalue weighted by Gasteiger charge is -2.17. The molecule has 1 saturated carbocycles. The van der Waals surface area contributed by atoms with Gasteiger partial charge in [0.2, 0.25) is 5.91 Å². The SMILES string of the molecule is CSc1cccc(N2CCC(NC3CC3)C2=O)c1. The first kappa shape index (κ1) is 12.1. The van der Waals surface area contributed by atoms with Crippen LogP contribution in [0, 0.1) is 0 Å². The summed E-state index contributed by atoms with van der Waals surface area (Å²) in [7, 11) is 0. The number of carbonyl (C=O) groups excluding carboxylic acids is 1. The van der Waals surface area contributed by atoms with Crippen LogP contribution < -0.4 is 10.2 Å². The third-order valence-corrected chi connectivity index (χ3v) is 4.31. The fourth-order valence-corrected chi connectivity index (χ4v) is 2.86. The topological polar surface area (TPSA) is 32.3 Å². The molecular formula is C14H18N2OS. The van der Waals surface area contributed by atoms with Crippen molar-refractivity contribution in [1.29, 1.82) is 0 Å². The molecule has 2 fully saturated rings. The molecule has 2 aliphatic rings. The third kappa shape index (κ3) is 2.40. The minimum absolute atomic E-state index is 0.0374. The third-order valence-electron chi connectivity index (χ3n) is 3.58. The highest BCUT2D eigenvalue weighted by molar-refractivity contribution is 7.98. The molecule has 1 unspecified atom stereocenters. The van der Waals surface area contributed by atoms with E-state index >= 15 is 0 Å². The summed E-state index contributed by atoms with van der Waals surface area (Å²) >= 11 is 1.71. The molecule has 0 radical (unpaired) electrons. The number of rotatable bonds is 4. The van der Waals surface area contributed by atoms with E-state index in [1.165, 1.54) is 17.7 Å². The summed E-state index contributed by atoms with van der Waals surface area (Å²) in [5, 5.41) is 3.43. The zero-order valence-corrected chi connectivity index (χ0v) is 11.4. The van der Waals surface area contributed by atoms with Crippen LogP contribution in [0.1, 0.15) is 19.3 Å². The highest BCUT2D eigenvalue weighted by Crippen LogP contribution is 2.27. The fourth-order valence-electron chi connectivity index (χ4n) is 2.40. The minimum Gasteiger partial charge on any atom is -0.311 e. The van der Waals surface area contributed by atoms with Gasteiger partial charge in [-0.3, -0.25) is 4.79 Å². The molecule has 1 saturated heterocycles. The zero-order chi connectivity index (χ0) is 12.5. The molecule has 0 spiro atoms. The van der Waals surface area contributed by atoms with Crippen LogP contribution in [0.3, 0.4) is 0 Å². The Morgan fingerprint density at radius 2 is 2.17 bits per heavy atom. The second-order valence-electron chi connectivity index (χ2n) is 4.97. The van der Waals surface area contributed by atoms with Crippen molar-refractivity contribution >= 4 is 23.4 Å². The first-order valence-corrected chi connectivity index (χ1v) is 7.72. The van der Waals surface area contributed by atoms with Gasteiger partial charge in [-0.15, -0.1) is 11.8 Å². The lowest BCUT2D eigenvalue weighted by Crippen LogP contribution is -2.39. The van der Waals surface area contributed by atoms with Gasteiger partial charge >= 0.3 is 0 Å². The van der Waals surface area contributed by atoms with E-state index in [2.05, 4.69) is 23.7 Å². The van der Waals surface area contributed by atoms with Crippen LogP contribution >= 0.6 is 11.8 Å². The Kier molecular flexibility index (Phi) is 3.31. The smallest absolute Gasteiger partial charge is 0.244 e. The molecule has 4 heteroatoms. The van der Waals surface area contributed by atoms with Gasteiger partial charge < -0.3 is 10.2 Å². The molecule has 1 aliphatic heterocycles. The van der Waals surface area contributed by atoms with Crippen molar-refractivity contribution in [2.45, 2.75) is 36.2 Å². The molecule has 1 heterocycles. The number of amides is 1. The van der Waals surface area contributed by atoms with Crippen molar-refractivity contribution in [3.63, 3.8) is 0 Å². The maximum absolute atomic E-state index is 12.3. The second-order valence-corrected chi connectivity index (χ2v) is 5.85. The van der Waals surface area contributed by atoms with E-state index in [0.717, 1.165) is 18.7 Å². The first-order chi connectivity index (χ1) is 8.78. The van der Waals surface area contributed by atoms with E-state index < -0.39 is 0 Å². The van der Waals surface area contributed by atoms with E-state index in [1.54, 1.807) is 11.8 Å². The van der Waals surface area contributed by atoms with Gasteiger partial charge in [-0.25, -0.2) is 0 Å². The van der Waals surface area contributed by atoms with Gasteiger partial charge in [0.1, 0.15) is 0 Å². The summed E-state index contributed by atoms with van der Waals surface area (Å²) in [6, 6.07) is 8.86. The molecule has 1 N–H and O–H groups in total. The van der Waals surface area contributed by atoms with Gasteiger partial charge in [0.25, 0.3) is 0 Å². The lowest BCUT2D eigenvalue weighted by atomic mass is 10.2. The molecule has 96 valence electrons. The average molecular weight is 262 g/mol. The number of carbonyl (C=O) groups is 1. The molecule has 1 aromatic rings. The maximum Gasteiger partial charge on any atom is 0.244 e. The first-order valence-electron chi connectivity index (χ1n) is 6.49. The van der Waals surface area contributed by atoms with Gasteiger partial charge in [-0.05, 0) is 43.7 Å². The molecule has 3 rings (SSSR count). The molecule has 3 nitrogen and oxygen atoms in total. The summed E-state index contributed by atoms with van der Waals surface area (Å²) in [5.41, 5.74) is 1.03. The monoisotopic (exact) mass is 262 g/mol. The Balaban J connectivity index is 1.73. The van der Waals surface area contributed by atoms with Crippen LogP contribution in [-0.2, 0) is 4.79 Å². The van der Waals surface area contributed by atoms with Gasteiger partial charge in [-0.2, -0.15) is 0 Å². The van der Waals surface area contributed by atoms with Crippen LogP contribution in [0.2, 0.25) is 0 Å². The van der Waals surface area contributed by atoms with Crippen LogP contribution in [0.15, 0.2) is 29.2 Å². The molecular weight excluding hydrogens is 244 g/mol. The predicted octanol–water partition coefficient (Wildman–Crippen LogP) is 2.27. The van der Waals surface area contributed by atoms with Gasteiger partial charge in [0.15, 0.2) is 0 Å². The minimum atomic E-state index is 0.0374. The number of thioether (sulfide) groups is 1. The van der Waals surface area contributed by atoms with Crippen LogP contribution in [0.5, 0.6) is 0 Å². The molecule has 18 heavy (non-hydrogen) atoms. The number of hydrogen-bond acceptors (Lipinski definition) is 3. The Morgan fingerprint density at radius 1 is 1.33 bits per heavy atom. The van der Waals surface area contributed by atoms with E-state index in [0.29, 0.717) is 6.04 Å². The Morgan fingerprint density at radius 3 is 2.89 bits per heavy atom.